The summed E-state index contributed by atoms with van der Waals surface area (Å²) >= 11 is 0. The molecule has 0 saturated carbocycles. The van der Waals surface area contributed by atoms with Gasteiger partial charge in [0.25, 0.3) is 5.91 Å². The van der Waals surface area contributed by atoms with Crippen LogP contribution in [0.1, 0.15) is 29.0 Å². The van der Waals surface area contributed by atoms with Gasteiger partial charge in [0.1, 0.15) is 5.58 Å². The van der Waals surface area contributed by atoms with Crippen LogP contribution in [0.25, 0.3) is 11.0 Å². The van der Waals surface area contributed by atoms with Crippen molar-refractivity contribution < 1.29 is 14.3 Å². The van der Waals surface area contributed by atoms with Gasteiger partial charge in [0, 0.05) is 24.0 Å². The molecule has 23 heavy (non-hydrogen) atoms. The number of amides is 1. The van der Waals surface area contributed by atoms with Crippen molar-refractivity contribution in [2.45, 2.75) is 31.9 Å². The lowest BCUT2D eigenvalue weighted by Gasteiger charge is -2.25. The lowest BCUT2D eigenvalue weighted by Crippen LogP contribution is -2.41. The van der Waals surface area contributed by atoms with Crippen molar-refractivity contribution in [2.24, 2.45) is 0 Å². The average Bonchev–Trinajstić information content (AvgIpc) is 3.26. The number of hydrogen-bond acceptors (Lipinski definition) is 4. The molecule has 2 fully saturated rings. The third-order valence-electron chi connectivity index (χ3n) is 5.19. The van der Waals surface area contributed by atoms with E-state index < -0.39 is 6.10 Å². The number of rotatable bonds is 2. The van der Waals surface area contributed by atoms with Crippen molar-refractivity contribution in [3.63, 3.8) is 0 Å². The highest BCUT2D eigenvalue weighted by molar-refractivity contribution is 5.99. The van der Waals surface area contributed by atoms with E-state index in [0.717, 1.165) is 29.6 Å². The van der Waals surface area contributed by atoms with Crippen LogP contribution >= 0.6 is 0 Å². The van der Waals surface area contributed by atoms with Gasteiger partial charge in [-0.05, 0) is 38.9 Å². The second-order valence-electron chi connectivity index (χ2n) is 6.64. The van der Waals surface area contributed by atoms with Crippen LogP contribution in [0, 0.1) is 6.92 Å². The standard InChI is InChI=1S/C18H22N2O3/c1-12-13-6-2-3-7-16(13)23-17(12)18(22)20-10-14(15(21)11-20)19-8-4-5-9-19/h2-3,6-7,14-15,21H,4-5,8-11H2,1H3/t14-,15-/m1/s1. The molecule has 3 heterocycles. The number of fused-ring (bicyclic) bond motifs is 1. The molecule has 0 bridgehead atoms. The molecular formula is C18H22N2O3. The van der Waals surface area contributed by atoms with E-state index in [1.807, 2.05) is 31.2 Å². The summed E-state index contributed by atoms with van der Waals surface area (Å²) in [6, 6.07) is 7.76. The summed E-state index contributed by atoms with van der Waals surface area (Å²) in [4.78, 5) is 16.9. The van der Waals surface area contributed by atoms with Gasteiger partial charge in [-0.25, -0.2) is 0 Å². The Morgan fingerprint density at radius 2 is 1.96 bits per heavy atom. The molecule has 0 unspecified atom stereocenters. The summed E-state index contributed by atoms with van der Waals surface area (Å²) in [5.41, 5.74) is 1.62. The van der Waals surface area contributed by atoms with Gasteiger partial charge in [0.05, 0.1) is 12.1 Å². The van der Waals surface area contributed by atoms with Crippen LogP contribution in [0.5, 0.6) is 0 Å². The van der Waals surface area contributed by atoms with Crippen LogP contribution in [0.3, 0.4) is 0 Å². The van der Waals surface area contributed by atoms with E-state index in [4.69, 9.17) is 4.42 Å². The topological polar surface area (TPSA) is 56.9 Å². The SMILES string of the molecule is Cc1c(C(=O)N2C[C@@H](O)[C@H](N3CCCC3)C2)oc2ccccc12. The first-order valence-corrected chi connectivity index (χ1v) is 8.34. The fraction of sp³-hybridized carbons (Fsp3) is 0.500. The van der Waals surface area contributed by atoms with E-state index in [9.17, 15) is 9.90 Å². The van der Waals surface area contributed by atoms with Crippen LogP contribution in [0.4, 0.5) is 0 Å². The molecule has 2 saturated heterocycles. The van der Waals surface area contributed by atoms with E-state index >= 15 is 0 Å². The Kier molecular flexibility index (Phi) is 3.62. The zero-order valence-corrected chi connectivity index (χ0v) is 13.4. The lowest BCUT2D eigenvalue weighted by atomic mass is 10.1. The van der Waals surface area contributed by atoms with Crippen LogP contribution < -0.4 is 0 Å². The first-order valence-electron chi connectivity index (χ1n) is 8.34. The number of benzene rings is 1. The number of hydrogen-bond donors (Lipinski definition) is 1. The molecular weight excluding hydrogens is 292 g/mol. The molecule has 0 aliphatic carbocycles. The Balaban J connectivity index is 1.57. The number of nitrogens with zero attached hydrogens (tertiary/aromatic N) is 2. The number of furan rings is 1. The van der Waals surface area contributed by atoms with Gasteiger partial charge in [-0.2, -0.15) is 0 Å². The van der Waals surface area contributed by atoms with Gasteiger partial charge in [-0.1, -0.05) is 18.2 Å². The zero-order chi connectivity index (χ0) is 16.0. The highest BCUT2D eigenvalue weighted by Crippen LogP contribution is 2.28. The highest BCUT2D eigenvalue weighted by atomic mass is 16.3. The predicted octanol–water partition coefficient (Wildman–Crippen LogP) is 2.02. The summed E-state index contributed by atoms with van der Waals surface area (Å²) in [6.07, 6.45) is 1.89. The molecule has 0 radical (unpaired) electrons. The fourth-order valence-electron chi connectivity index (χ4n) is 3.89. The van der Waals surface area contributed by atoms with Gasteiger partial charge < -0.3 is 14.4 Å². The Morgan fingerprint density at radius 1 is 1.22 bits per heavy atom. The average molecular weight is 314 g/mol. The van der Waals surface area contributed by atoms with Crippen molar-refractivity contribution >= 4 is 16.9 Å². The molecule has 1 amide bonds. The van der Waals surface area contributed by atoms with Crippen LogP contribution in [-0.4, -0.2) is 59.1 Å². The van der Waals surface area contributed by atoms with Crippen LogP contribution in [-0.2, 0) is 0 Å². The van der Waals surface area contributed by atoms with E-state index in [1.165, 1.54) is 12.8 Å². The molecule has 1 aromatic carbocycles. The van der Waals surface area contributed by atoms with Gasteiger partial charge in [-0.15, -0.1) is 0 Å². The quantitative estimate of drug-likeness (QED) is 0.921. The van der Waals surface area contributed by atoms with Crippen molar-refractivity contribution in [1.29, 1.82) is 0 Å². The third kappa shape index (κ3) is 2.44. The molecule has 2 aliphatic heterocycles. The molecule has 122 valence electrons. The zero-order valence-electron chi connectivity index (χ0n) is 13.4. The maximum Gasteiger partial charge on any atom is 0.290 e. The Hall–Kier alpha value is -1.85. The van der Waals surface area contributed by atoms with Gasteiger partial charge in [-0.3, -0.25) is 9.69 Å². The molecule has 0 spiro atoms. The second-order valence-corrected chi connectivity index (χ2v) is 6.64. The van der Waals surface area contributed by atoms with E-state index in [0.29, 0.717) is 18.8 Å². The minimum atomic E-state index is -0.471. The Bertz CT molecular complexity index is 733. The minimum Gasteiger partial charge on any atom is -0.451 e. The van der Waals surface area contributed by atoms with Crippen molar-refractivity contribution in [1.82, 2.24) is 9.80 Å². The predicted molar refractivity (Wildman–Crippen MR) is 87.5 cm³/mol. The number of likely N-dealkylation sites (tertiary alicyclic amines) is 2. The molecule has 1 N–H and O–H groups in total. The molecule has 5 heteroatoms. The number of β-amino-alcohol motifs (C(OH)–C–C–N with tert-alkyl or cyclic N) is 1. The van der Waals surface area contributed by atoms with E-state index in [2.05, 4.69) is 4.90 Å². The molecule has 2 aliphatic rings. The van der Waals surface area contributed by atoms with Gasteiger partial charge in [0.2, 0.25) is 0 Å². The number of aryl methyl sites for hydroxylation is 1. The Labute approximate surface area is 135 Å². The summed E-state index contributed by atoms with van der Waals surface area (Å²) in [5, 5.41) is 11.3. The second kappa shape index (κ2) is 5.65. The molecule has 2 atom stereocenters. The lowest BCUT2D eigenvalue weighted by molar-refractivity contribution is 0.0734. The normalized spacial score (nSPS) is 25.6. The van der Waals surface area contributed by atoms with Gasteiger partial charge in [0.15, 0.2) is 5.76 Å². The minimum absolute atomic E-state index is 0.0612. The molecule has 4 rings (SSSR count). The number of carbonyl (C=O) groups is 1. The molecule has 2 aromatic rings. The maximum absolute atomic E-state index is 12.8. The van der Waals surface area contributed by atoms with E-state index in [1.54, 1.807) is 4.90 Å². The first kappa shape index (κ1) is 14.7. The van der Waals surface area contributed by atoms with Crippen molar-refractivity contribution in [3.05, 3.63) is 35.6 Å². The largest absolute Gasteiger partial charge is 0.451 e. The van der Waals surface area contributed by atoms with Crippen LogP contribution in [0.15, 0.2) is 28.7 Å². The maximum atomic E-state index is 12.8. The first-order chi connectivity index (χ1) is 11.1. The van der Waals surface area contributed by atoms with E-state index in [-0.39, 0.29) is 11.9 Å². The highest BCUT2D eigenvalue weighted by Gasteiger charge is 2.39. The summed E-state index contributed by atoms with van der Waals surface area (Å²) < 4.78 is 5.78. The third-order valence-corrected chi connectivity index (χ3v) is 5.19. The smallest absolute Gasteiger partial charge is 0.290 e. The van der Waals surface area contributed by atoms with Crippen molar-refractivity contribution in [3.8, 4) is 0 Å². The number of aliphatic hydroxyl groups is 1. The molecule has 1 aromatic heterocycles. The summed E-state index contributed by atoms with van der Waals surface area (Å²) in [6.45, 7) is 4.93. The van der Waals surface area contributed by atoms with Gasteiger partial charge >= 0.3 is 0 Å². The summed E-state index contributed by atoms with van der Waals surface area (Å²) in [5.74, 6) is 0.292. The van der Waals surface area contributed by atoms with Crippen LogP contribution in [0.2, 0.25) is 0 Å². The Morgan fingerprint density at radius 3 is 2.70 bits per heavy atom. The fourth-order valence-corrected chi connectivity index (χ4v) is 3.89. The number of carbonyl (C=O) groups excluding carboxylic acids is 1. The van der Waals surface area contributed by atoms with Crippen molar-refractivity contribution in [2.75, 3.05) is 26.2 Å². The summed E-state index contributed by atoms with van der Waals surface area (Å²) in [7, 11) is 0. The monoisotopic (exact) mass is 314 g/mol. The molecule has 5 nitrogen and oxygen atoms in total. The number of para-hydroxylation sites is 1. The number of aliphatic hydroxyl groups excluding tert-OH is 1.